The third kappa shape index (κ3) is 4.31. The number of hydrogen-bond acceptors (Lipinski definition) is 6. The van der Waals surface area contributed by atoms with Gasteiger partial charge in [0.25, 0.3) is 5.71 Å². The zero-order valence-electron chi connectivity index (χ0n) is 21.1. The Morgan fingerprint density at radius 3 is 2.61 bits per heavy atom. The highest BCUT2D eigenvalue weighted by molar-refractivity contribution is 6.00. The standard InChI is InChI=1S/C29H33N5O2/c1-19(2)17-24-30-27(33-13-6-14-34(16-15-33)29(35)21-9-5-10-21)25-26(32-36-28(25)31-24)23-12-11-20-7-3-4-8-22(20)18-23/h3-4,7-8,11-12,18-19,21H,5-6,9-10,13-17H2,1-2H3. The Morgan fingerprint density at radius 1 is 1.00 bits per heavy atom. The summed E-state index contributed by atoms with van der Waals surface area (Å²) in [5, 5.41) is 7.69. The van der Waals surface area contributed by atoms with Crippen LogP contribution in [-0.2, 0) is 11.2 Å². The average molecular weight is 484 g/mol. The van der Waals surface area contributed by atoms with Gasteiger partial charge in [0.1, 0.15) is 22.7 Å². The second kappa shape index (κ2) is 9.52. The van der Waals surface area contributed by atoms with Crippen molar-refractivity contribution in [2.24, 2.45) is 11.8 Å². The van der Waals surface area contributed by atoms with Crippen LogP contribution in [0.4, 0.5) is 5.82 Å². The number of amides is 1. The van der Waals surface area contributed by atoms with Crippen molar-refractivity contribution in [3.8, 4) is 11.3 Å². The lowest BCUT2D eigenvalue weighted by atomic mass is 9.84. The summed E-state index contributed by atoms with van der Waals surface area (Å²) in [5.74, 6) is 2.65. The fraction of sp³-hybridized carbons (Fsp3) is 0.448. The molecule has 0 unspecified atom stereocenters. The minimum absolute atomic E-state index is 0.234. The van der Waals surface area contributed by atoms with E-state index in [0.717, 1.165) is 85.5 Å². The third-order valence-electron chi connectivity index (χ3n) is 7.54. The van der Waals surface area contributed by atoms with E-state index in [2.05, 4.69) is 59.1 Å². The van der Waals surface area contributed by atoms with Crippen molar-refractivity contribution in [1.82, 2.24) is 20.0 Å². The Labute approximate surface area is 211 Å². The van der Waals surface area contributed by atoms with Crippen molar-refractivity contribution in [2.45, 2.75) is 46.0 Å². The quantitative estimate of drug-likeness (QED) is 0.374. The molecule has 186 valence electrons. The van der Waals surface area contributed by atoms with Crippen LogP contribution in [0, 0.1) is 11.8 Å². The van der Waals surface area contributed by atoms with Crippen LogP contribution in [0.1, 0.15) is 45.4 Å². The molecular weight excluding hydrogens is 450 g/mol. The van der Waals surface area contributed by atoms with Gasteiger partial charge in [-0.25, -0.2) is 4.98 Å². The molecule has 1 aliphatic heterocycles. The molecule has 1 saturated carbocycles. The highest BCUT2D eigenvalue weighted by Crippen LogP contribution is 2.36. The molecule has 2 fully saturated rings. The summed E-state index contributed by atoms with van der Waals surface area (Å²) < 4.78 is 5.82. The maximum atomic E-state index is 12.9. The first-order valence-electron chi connectivity index (χ1n) is 13.3. The minimum Gasteiger partial charge on any atom is -0.354 e. The van der Waals surface area contributed by atoms with Crippen molar-refractivity contribution >= 4 is 33.6 Å². The highest BCUT2D eigenvalue weighted by atomic mass is 16.5. The molecule has 7 nitrogen and oxygen atoms in total. The minimum atomic E-state index is 0.234. The van der Waals surface area contributed by atoms with Crippen LogP contribution in [-0.4, -0.2) is 52.1 Å². The van der Waals surface area contributed by atoms with Gasteiger partial charge in [0.15, 0.2) is 0 Å². The number of carbonyl (C=O) groups is 1. The van der Waals surface area contributed by atoms with E-state index in [9.17, 15) is 4.79 Å². The van der Waals surface area contributed by atoms with Gasteiger partial charge in [0.05, 0.1) is 0 Å². The predicted molar refractivity (Wildman–Crippen MR) is 142 cm³/mol. The van der Waals surface area contributed by atoms with Gasteiger partial charge in [-0.2, -0.15) is 4.98 Å². The molecule has 1 saturated heterocycles. The summed E-state index contributed by atoms with van der Waals surface area (Å²) in [5.41, 5.74) is 2.30. The van der Waals surface area contributed by atoms with Gasteiger partial charge >= 0.3 is 0 Å². The smallest absolute Gasteiger partial charge is 0.263 e. The molecule has 3 heterocycles. The van der Waals surface area contributed by atoms with Gasteiger partial charge in [-0.15, -0.1) is 0 Å². The summed E-state index contributed by atoms with van der Waals surface area (Å²) in [7, 11) is 0. The number of rotatable bonds is 5. The lowest BCUT2D eigenvalue weighted by Gasteiger charge is -2.31. The van der Waals surface area contributed by atoms with E-state index in [1.54, 1.807) is 0 Å². The maximum Gasteiger partial charge on any atom is 0.263 e. The van der Waals surface area contributed by atoms with Crippen LogP contribution in [0.5, 0.6) is 0 Å². The zero-order chi connectivity index (χ0) is 24.6. The Kier molecular flexibility index (Phi) is 6.07. The van der Waals surface area contributed by atoms with E-state index < -0.39 is 0 Å². The first-order chi connectivity index (χ1) is 17.6. The summed E-state index contributed by atoms with van der Waals surface area (Å²) in [6, 6.07) is 14.7. The molecule has 0 atom stereocenters. The highest BCUT2D eigenvalue weighted by Gasteiger charge is 2.31. The molecule has 0 spiro atoms. The topological polar surface area (TPSA) is 75.4 Å². The predicted octanol–water partition coefficient (Wildman–Crippen LogP) is 5.48. The normalized spacial score (nSPS) is 17.1. The molecule has 4 aromatic rings. The SMILES string of the molecule is CC(C)Cc1nc(N2CCCN(C(=O)C3CCC3)CC2)c2c(-c3ccc4ccccc4c3)noc2n1. The Balaban J connectivity index is 1.39. The first-order valence-corrected chi connectivity index (χ1v) is 13.3. The van der Waals surface area contributed by atoms with Gasteiger partial charge in [0.2, 0.25) is 5.91 Å². The van der Waals surface area contributed by atoms with Crippen molar-refractivity contribution in [1.29, 1.82) is 0 Å². The largest absolute Gasteiger partial charge is 0.354 e. The number of aromatic nitrogens is 3. The van der Waals surface area contributed by atoms with Crippen LogP contribution in [0.25, 0.3) is 33.1 Å². The number of hydrogen-bond donors (Lipinski definition) is 0. The molecule has 36 heavy (non-hydrogen) atoms. The Morgan fingerprint density at radius 2 is 1.83 bits per heavy atom. The molecular formula is C29H33N5O2. The summed E-state index contributed by atoms with van der Waals surface area (Å²) in [4.78, 5) is 27.1. The molecule has 0 bridgehead atoms. The number of carbonyl (C=O) groups excluding carboxylic acids is 1. The summed E-state index contributed by atoms with van der Waals surface area (Å²) >= 11 is 0. The molecule has 1 aliphatic carbocycles. The number of nitrogens with zero attached hydrogens (tertiary/aromatic N) is 5. The molecule has 6 rings (SSSR count). The van der Waals surface area contributed by atoms with Crippen molar-refractivity contribution < 1.29 is 9.32 Å². The molecule has 0 radical (unpaired) electrons. The van der Waals surface area contributed by atoms with E-state index in [-0.39, 0.29) is 5.92 Å². The van der Waals surface area contributed by atoms with Crippen LogP contribution in [0.3, 0.4) is 0 Å². The molecule has 2 aliphatic rings. The summed E-state index contributed by atoms with van der Waals surface area (Å²) in [6.07, 6.45) is 4.95. The second-order valence-electron chi connectivity index (χ2n) is 10.6. The number of benzene rings is 2. The van der Waals surface area contributed by atoms with E-state index in [0.29, 0.717) is 17.5 Å². The third-order valence-corrected chi connectivity index (χ3v) is 7.54. The van der Waals surface area contributed by atoms with Gasteiger partial charge in [-0.1, -0.05) is 61.8 Å². The zero-order valence-corrected chi connectivity index (χ0v) is 21.1. The fourth-order valence-electron chi connectivity index (χ4n) is 5.36. The lowest BCUT2D eigenvalue weighted by Crippen LogP contribution is -2.41. The van der Waals surface area contributed by atoms with E-state index in [1.165, 1.54) is 11.8 Å². The van der Waals surface area contributed by atoms with Gasteiger partial charge in [-0.05, 0) is 42.0 Å². The fourth-order valence-corrected chi connectivity index (χ4v) is 5.36. The van der Waals surface area contributed by atoms with Crippen LogP contribution >= 0.6 is 0 Å². The molecule has 2 aromatic heterocycles. The van der Waals surface area contributed by atoms with Crippen LogP contribution in [0.15, 0.2) is 47.0 Å². The van der Waals surface area contributed by atoms with E-state index in [4.69, 9.17) is 14.5 Å². The van der Waals surface area contributed by atoms with Crippen molar-refractivity contribution in [3.05, 3.63) is 48.3 Å². The monoisotopic (exact) mass is 483 g/mol. The van der Waals surface area contributed by atoms with Crippen LogP contribution < -0.4 is 4.90 Å². The van der Waals surface area contributed by atoms with Gasteiger partial charge in [0, 0.05) is 44.1 Å². The molecule has 0 N–H and O–H groups in total. The number of fused-ring (bicyclic) bond motifs is 2. The Hall–Kier alpha value is -3.48. The van der Waals surface area contributed by atoms with Crippen LogP contribution in [0.2, 0.25) is 0 Å². The van der Waals surface area contributed by atoms with E-state index in [1.807, 2.05) is 12.1 Å². The molecule has 7 heteroatoms. The van der Waals surface area contributed by atoms with Crippen molar-refractivity contribution in [3.63, 3.8) is 0 Å². The molecule has 1 amide bonds. The first kappa shape index (κ1) is 23.0. The van der Waals surface area contributed by atoms with Crippen molar-refractivity contribution in [2.75, 3.05) is 31.1 Å². The second-order valence-corrected chi connectivity index (χ2v) is 10.6. The average Bonchev–Trinajstić information content (AvgIpc) is 3.10. The lowest BCUT2D eigenvalue weighted by molar-refractivity contribution is -0.137. The molecule has 2 aromatic carbocycles. The number of anilines is 1. The van der Waals surface area contributed by atoms with Gasteiger partial charge < -0.3 is 14.3 Å². The van der Waals surface area contributed by atoms with Gasteiger partial charge in [-0.3, -0.25) is 4.79 Å². The summed E-state index contributed by atoms with van der Waals surface area (Å²) in [6.45, 7) is 7.45. The maximum absolute atomic E-state index is 12.9. The van der Waals surface area contributed by atoms with E-state index >= 15 is 0 Å². The Bertz CT molecular complexity index is 1410.